The van der Waals surface area contributed by atoms with Crippen molar-refractivity contribution in [3.63, 3.8) is 0 Å². The van der Waals surface area contributed by atoms with Gasteiger partial charge in [-0.05, 0) is 43.9 Å². The molecule has 0 aliphatic heterocycles. The second kappa shape index (κ2) is 7.12. The van der Waals surface area contributed by atoms with Gasteiger partial charge in [0.15, 0.2) is 0 Å². The highest BCUT2D eigenvalue weighted by Crippen LogP contribution is 2.09. The summed E-state index contributed by atoms with van der Waals surface area (Å²) in [6.45, 7) is 2.21. The molecule has 0 fully saturated rings. The quantitative estimate of drug-likeness (QED) is 0.877. The molecule has 2 aromatic rings. The Kier molecular flexibility index (Phi) is 5.21. The fraction of sp³-hybridized carbons (Fsp3) is 0.312. The number of hydrogen-bond acceptors (Lipinski definition) is 3. The highest BCUT2D eigenvalue weighted by molar-refractivity contribution is 5.16. The number of benzene rings is 1. The summed E-state index contributed by atoms with van der Waals surface area (Å²) in [7, 11) is 3.92. The maximum Gasteiger partial charge on any atom is 0.123 e. The Morgan fingerprint density at radius 3 is 2.60 bits per heavy atom. The van der Waals surface area contributed by atoms with Crippen LogP contribution in [0.3, 0.4) is 0 Å². The molecule has 0 bridgehead atoms. The lowest BCUT2D eigenvalue weighted by molar-refractivity contribution is 0.314. The van der Waals surface area contributed by atoms with Crippen molar-refractivity contribution in [3.8, 4) is 0 Å². The lowest BCUT2D eigenvalue weighted by atomic mass is 10.2. The van der Waals surface area contributed by atoms with Crippen molar-refractivity contribution in [2.75, 3.05) is 14.1 Å². The van der Waals surface area contributed by atoms with Gasteiger partial charge in [-0.1, -0.05) is 18.2 Å². The molecule has 0 aliphatic rings. The van der Waals surface area contributed by atoms with Crippen LogP contribution < -0.4 is 5.32 Å². The van der Waals surface area contributed by atoms with Crippen molar-refractivity contribution in [3.05, 3.63) is 65.2 Å². The summed E-state index contributed by atoms with van der Waals surface area (Å²) in [4.78, 5) is 6.71. The topological polar surface area (TPSA) is 28.2 Å². The van der Waals surface area contributed by atoms with Crippen LogP contribution in [0.25, 0.3) is 0 Å². The largest absolute Gasteiger partial charge is 0.314 e. The zero-order valence-electron chi connectivity index (χ0n) is 11.9. The number of pyridine rings is 1. The number of hydrogen-bond donors (Lipinski definition) is 1. The van der Waals surface area contributed by atoms with Crippen molar-refractivity contribution in [2.24, 2.45) is 0 Å². The van der Waals surface area contributed by atoms with E-state index in [0.29, 0.717) is 6.54 Å². The van der Waals surface area contributed by atoms with Gasteiger partial charge in [0.1, 0.15) is 5.82 Å². The Bertz CT molecular complexity index is 557. The van der Waals surface area contributed by atoms with Crippen molar-refractivity contribution < 1.29 is 4.39 Å². The van der Waals surface area contributed by atoms with Gasteiger partial charge >= 0.3 is 0 Å². The van der Waals surface area contributed by atoms with Crippen molar-refractivity contribution in [2.45, 2.75) is 19.6 Å². The van der Waals surface area contributed by atoms with E-state index in [1.165, 1.54) is 6.07 Å². The average Bonchev–Trinajstić information content (AvgIpc) is 2.39. The molecular formula is C16H20FN3. The molecule has 106 valence electrons. The van der Waals surface area contributed by atoms with E-state index in [0.717, 1.165) is 30.0 Å². The zero-order valence-corrected chi connectivity index (χ0v) is 11.9. The number of rotatable bonds is 6. The van der Waals surface area contributed by atoms with E-state index >= 15 is 0 Å². The molecule has 0 radical (unpaired) electrons. The van der Waals surface area contributed by atoms with Crippen LogP contribution >= 0.6 is 0 Å². The van der Waals surface area contributed by atoms with E-state index in [1.807, 2.05) is 38.4 Å². The van der Waals surface area contributed by atoms with E-state index in [1.54, 1.807) is 12.1 Å². The molecule has 0 aliphatic carbocycles. The molecule has 0 amide bonds. The Morgan fingerprint density at radius 2 is 1.85 bits per heavy atom. The Morgan fingerprint density at radius 1 is 1.10 bits per heavy atom. The number of aromatic nitrogens is 1. The van der Waals surface area contributed by atoms with E-state index < -0.39 is 0 Å². The standard InChI is InChI=1S/C16H20FN3/c1-18-10-15-7-4-8-16(19-15)12-20(2)11-13-5-3-6-14(17)9-13/h3-9,18H,10-12H2,1-2H3. The predicted molar refractivity (Wildman–Crippen MR) is 78.6 cm³/mol. The SMILES string of the molecule is CNCc1cccc(CN(C)Cc2cccc(F)c2)n1. The van der Waals surface area contributed by atoms with E-state index in [2.05, 4.69) is 15.2 Å². The van der Waals surface area contributed by atoms with E-state index in [9.17, 15) is 4.39 Å². The third kappa shape index (κ3) is 4.40. The maximum absolute atomic E-state index is 13.1. The van der Waals surface area contributed by atoms with Gasteiger partial charge in [-0.15, -0.1) is 0 Å². The average molecular weight is 273 g/mol. The first-order valence-electron chi connectivity index (χ1n) is 6.70. The molecule has 0 spiro atoms. The third-order valence-electron chi connectivity index (χ3n) is 3.00. The normalized spacial score (nSPS) is 11.0. The van der Waals surface area contributed by atoms with Crippen LogP contribution in [-0.2, 0) is 19.6 Å². The Balaban J connectivity index is 1.97. The highest BCUT2D eigenvalue weighted by atomic mass is 19.1. The van der Waals surface area contributed by atoms with Gasteiger partial charge in [-0.2, -0.15) is 0 Å². The maximum atomic E-state index is 13.1. The van der Waals surface area contributed by atoms with Gasteiger partial charge in [-0.3, -0.25) is 9.88 Å². The monoisotopic (exact) mass is 273 g/mol. The summed E-state index contributed by atoms with van der Waals surface area (Å²) >= 11 is 0. The minimum atomic E-state index is -0.190. The van der Waals surface area contributed by atoms with Gasteiger partial charge in [0.2, 0.25) is 0 Å². The first kappa shape index (κ1) is 14.6. The van der Waals surface area contributed by atoms with Gasteiger partial charge < -0.3 is 5.32 Å². The van der Waals surface area contributed by atoms with Crippen LogP contribution in [0.4, 0.5) is 4.39 Å². The van der Waals surface area contributed by atoms with Crippen LogP contribution in [0, 0.1) is 5.82 Å². The molecule has 0 saturated carbocycles. The molecule has 0 saturated heterocycles. The van der Waals surface area contributed by atoms with Crippen LogP contribution in [-0.4, -0.2) is 24.0 Å². The summed E-state index contributed by atoms with van der Waals surface area (Å²) in [5, 5.41) is 3.09. The van der Waals surface area contributed by atoms with Crippen LogP contribution in [0.1, 0.15) is 17.0 Å². The number of nitrogens with one attached hydrogen (secondary N) is 1. The summed E-state index contributed by atoms with van der Waals surface area (Å²) in [5.41, 5.74) is 3.03. The number of nitrogens with zero attached hydrogens (tertiary/aromatic N) is 2. The van der Waals surface area contributed by atoms with E-state index in [-0.39, 0.29) is 5.82 Å². The lowest BCUT2D eigenvalue weighted by Crippen LogP contribution is -2.18. The fourth-order valence-corrected chi connectivity index (χ4v) is 2.18. The molecular weight excluding hydrogens is 253 g/mol. The smallest absolute Gasteiger partial charge is 0.123 e. The van der Waals surface area contributed by atoms with Crippen molar-refractivity contribution in [1.82, 2.24) is 15.2 Å². The second-order valence-corrected chi connectivity index (χ2v) is 4.95. The fourth-order valence-electron chi connectivity index (χ4n) is 2.18. The first-order valence-corrected chi connectivity index (χ1v) is 6.70. The zero-order chi connectivity index (χ0) is 14.4. The molecule has 1 N–H and O–H groups in total. The molecule has 0 atom stereocenters. The molecule has 1 heterocycles. The molecule has 1 aromatic carbocycles. The highest BCUT2D eigenvalue weighted by Gasteiger charge is 2.04. The van der Waals surface area contributed by atoms with Gasteiger partial charge in [0.25, 0.3) is 0 Å². The summed E-state index contributed by atoms with van der Waals surface area (Å²) in [6, 6.07) is 12.8. The van der Waals surface area contributed by atoms with Crippen molar-refractivity contribution >= 4 is 0 Å². The van der Waals surface area contributed by atoms with E-state index in [4.69, 9.17) is 0 Å². The molecule has 20 heavy (non-hydrogen) atoms. The Hall–Kier alpha value is -1.78. The predicted octanol–water partition coefficient (Wildman–Crippen LogP) is 2.57. The minimum Gasteiger partial charge on any atom is -0.314 e. The van der Waals surface area contributed by atoms with Gasteiger partial charge in [0.05, 0.1) is 11.4 Å². The summed E-state index contributed by atoms with van der Waals surface area (Å²) < 4.78 is 13.1. The van der Waals surface area contributed by atoms with Gasteiger partial charge in [0, 0.05) is 19.6 Å². The molecule has 2 rings (SSSR count). The summed E-state index contributed by atoms with van der Waals surface area (Å²) in [6.07, 6.45) is 0. The number of halogens is 1. The van der Waals surface area contributed by atoms with Crippen LogP contribution in [0.2, 0.25) is 0 Å². The van der Waals surface area contributed by atoms with Crippen LogP contribution in [0.15, 0.2) is 42.5 Å². The second-order valence-electron chi connectivity index (χ2n) is 4.95. The molecule has 3 nitrogen and oxygen atoms in total. The molecule has 4 heteroatoms. The summed E-state index contributed by atoms with van der Waals surface area (Å²) in [5.74, 6) is -0.190. The minimum absolute atomic E-state index is 0.190. The first-order chi connectivity index (χ1) is 9.67. The molecule has 1 aromatic heterocycles. The third-order valence-corrected chi connectivity index (χ3v) is 3.00. The van der Waals surface area contributed by atoms with Crippen molar-refractivity contribution in [1.29, 1.82) is 0 Å². The lowest BCUT2D eigenvalue weighted by Gasteiger charge is -2.16. The molecule has 0 unspecified atom stereocenters. The Labute approximate surface area is 119 Å². The van der Waals surface area contributed by atoms with Gasteiger partial charge in [-0.25, -0.2) is 4.39 Å². The van der Waals surface area contributed by atoms with Crippen LogP contribution in [0.5, 0.6) is 0 Å².